The van der Waals surface area contributed by atoms with Crippen LogP contribution in [-0.2, 0) is 11.3 Å². The van der Waals surface area contributed by atoms with Gasteiger partial charge in [0, 0.05) is 25.0 Å². The quantitative estimate of drug-likeness (QED) is 0.732. The van der Waals surface area contributed by atoms with Crippen molar-refractivity contribution in [3.63, 3.8) is 0 Å². The molecule has 2 rings (SSSR count). The van der Waals surface area contributed by atoms with Gasteiger partial charge in [0.05, 0.1) is 6.10 Å². The third-order valence-corrected chi connectivity index (χ3v) is 3.47. The van der Waals surface area contributed by atoms with Gasteiger partial charge >= 0.3 is 0 Å². The minimum Gasteiger partial charge on any atom is -0.378 e. The summed E-state index contributed by atoms with van der Waals surface area (Å²) in [5.74, 6) is 0.979. The Balaban J connectivity index is 1.46. The Kier molecular flexibility index (Phi) is 5.68. The second-order valence-corrected chi connectivity index (χ2v) is 5.15. The number of hydrogen-bond acceptors (Lipinski definition) is 3. The summed E-state index contributed by atoms with van der Waals surface area (Å²) in [7, 11) is 0. The third kappa shape index (κ3) is 4.78. The maximum absolute atomic E-state index is 5.88. The lowest BCUT2D eigenvalue weighted by molar-refractivity contribution is 0.0273. The topological polar surface area (TPSA) is 49.9 Å². The summed E-state index contributed by atoms with van der Waals surface area (Å²) in [6, 6.07) is 0. The number of imidazole rings is 1. The van der Waals surface area contributed by atoms with E-state index in [2.05, 4.69) is 15.3 Å². The molecule has 0 bridgehead atoms. The zero-order valence-electron chi connectivity index (χ0n) is 11.4. The van der Waals surface area contributed by atoms with Gasteiger partial charge in [0.25, 0.3) is 0 Å². The van der Waals surface area contributed by atoms with E-state index < -0.39 is 0 Å². The van der Waals surface area contributed by atoms with Gasteiger partial charge < -0.3 is 15.0 Å². The summed E-state index contributed by atoms with van der Waals surface area (Å²) in [5, 5.41) is 3.40. The molecule has 0 aromatic carbocycles. The van der Waals surface area contributed by atoms with Gasteiger partial charge in [-0.1, -0.05) is 19.3 Å². The average Bonchev–Trinajstić information content (AvgIpc) is 2.81. The smallest absolute Gasteiger partial charge is 0.103 e. The van der Waals surface area contributed by atoms with Crippen molar-refractivity contribution < 1.29 is 4.74 Å². The predicted octanol–water partition coefficient (Wildman–Crippen LogP) is 2.55. The van der Waals surface area contributed by atoms with E-state index in [1.54, 1.807) is 0 Å². The first-order valence-electron chi connectivity index (χ1n) is 7.17. The van der Waals surface area contributed by atoms with Crippen molar-refractivity contribution in [2.75, 3.05) is 13.2 Å². The second-order valence-electron chi connectivity index (χ2n) is 5.15. The fourth-order valence-corrected chi connectivity index (χ4v) is 2.46. The van der Waals surface area contributed by atoms with E-state index in [0.717, 1.165) is 37.6 Å². The molecule has 4 heteroatoms. The highest BCUT2D eigenvalue weighted by molar-refractivity contribution is 4.98. The van der Waals surface area contributed by atoms with E-state index in [1.807, 2.05) is 13.1 Å². The van der Waals surface area contributed by atoms with E-state index in [1.165, 1.54) is 32.1 Å². The number of aromatic amines is 1. The molecule has 1 saturated carbocycles. The van der Waals surface area contributed by atoms with Crippen molar-refractivity contribution >= 4 is 0 Å². The minimum absolute atomic E-state index is 0.536. The Bertz CT molecular complexity index is 332. The molecule has 1 aromatic heterocycles. The lowest BCUT2D eigenvalue weighted by Crippen LogP contribution is -2.20. The molecule has 102 valence electrons. The van der Waals surface area contributed by atoms with Crippen molar-refractivity contribution in [2.24, 2.45) is 0 Å². The number of rotatable bonds is 7. The van der Waals surface area contributed by atoms with Gasteiger partial charge in [-0.25, -0.2) is 4.98 Å². The first-order valence-corrected chi connectivity index (χ1v) is 7.17. The summed E-state index contributed by atoms with van der Waals surface area (Å²) in [5.41, 5.74) is 1.15. The maximum atomic E-state index is 5.88. The van der Waals surface area contributed by atoms with Crippen LogP contribution < -0.4 is 5.32 Å². The Morgan fingerprint density at radius 3 is 2.94 bits per heavy atom. The summed E-state index contributed by atoms with van der Waals surface area (Å²) in [4.78, 5) is 7.39. The van der Waals surface area contributed by atoms with Gasteiger partial charge in [0.1, 0.15) is 5.82 Å². The molecular formula is C14H25N3O. The van der Waals surface area contributed by atoms with Gasteiger partial charge in [-0.05, 0) is 32.7 Å². The van der Waals surface area contributed by atoms with Crippen molar-refractivity contribution in [1.82, 2.24) is 15.3 Å². The summed E-state index contributed by atoms with van der Waals surface area (Å²) in [6.45, 7) is 4.73. The number of hydrogen-bond donors (Lipinski definition) is 2. The van der Waals surface area contributed by atoms with Crippen LogP contribution in [0.25, 0.3) is 0 Å². The largest absolute Gasteiger partial charge is 0.378 e. The van der Waals surface area contributed by atoms with E-state index in [0.29, 0.717) is 6.10 Å². The van der Waals surface area contributed by atoms with Gasteiger partial charge in [-0.2, -0.15) is 0 Å². The van der Waals surface area contributed by atoms with Crippen LogP contribution in [0.2, 0.25) is 0 Å². The Morgan fingerprint density at radius 1 is 1.39 bits per heavy atom. The second kappa shape index (κ2) is 7.54. The van der Waals surface area contributed by atoms with Crippen molar-refractivity contribution in [1.29, 1.82) is 0 Å². The maximum Gasteiger partial charge on any atom is 0.103 e. The molecule has 4 nitrogen and oxygen atoms in total. The minimum atomic E-state index is 0.536. The molecule has 1 fully saturated rings. The summed E-state index contributed by atoms with van der Waals surface area (Å²) in [6.07, 6.45) is 10.1. The highest BCUT2D eigenvalue weighted by atomic mass is 16.5. The Labute approximate surface area is 110 Å². The summed E-state index contributed by atoms with van der Waals surface area (Å²) >= 11 is 0. The predicted molar refractivity (Wildman–Crippen MR) is 72.5 cm³/mol. The highest BCUT2D eigenvalue weighted by Gasteiger charge is 2.12. The fraction of sp³-hybridized carbons (Fsp3) is 0.786. The van der Waals surface area contributed by atoms with Crippen LogP contribution in [0.15, 0.2) is 6.20 Å². The number of aromatic nitrogens is 2. The Hall–Kier alpha value is -0.870. The molecule has 18 heavy (non-hydrogen) atoms. The van der Waals surface area contributed by atoms with Crippen LogP contribution in [0.4, 0.5) is 0 Å². The molecular weight excluding hydrogens is 226 g/mol. The van der Waals surface area contributed by atoms with E-state index in [4.69, 9.17) is 4.74 Å². The Morgan fingerprint density at radius 2 is 2.22 bits per heavy atom. The van der Waals surface area contributed by atoms with Crippen LogP contribution in [0.1, 0.15) is 50.0 Å². The number of nitrogens with zero attached hydrogens (tertiary/aromatic N) is 1. The van der Waals surface area contributed by atoms with E-state index in [-0.39, 0.29) is 0 Å². The zero-order valence-corrected chi connectivity index (χ0v) is 11.4. The number of aryl methyl sites for hydroxylation is 1. The fourth-order valence-electron chi connectivity index (χ4n) is 2.46. The monoisotopic (exact) mass is 251 g/mol. The third-order valence-electron chi connectivity index (χ3n) is 3.47. The average molecular weight is 251 g/mol. The molecule has 1 aromatic rings. The molecule has 1 aliphatic rings. The van der Waals surface area contributed by atoms with Crippen LogP contribution in [-0.4, -0.2) is 29.2 Å². The lowest BCUT2D eigenvalue weighted by atomic mass is 9.98. The first-order chi connectivity index (χ1) is 8.84. The number of H-pyrrole nitrogens is 1. The number of ether oxygens (including phenoxy) is 1. The molecule has 1 heterocycles. The lowest BCUT2D eigenvalue weighted by Gasteiger charge is -2.21. The molecule has 0 aliphatic heterocycles. The van der Waals surface area contributed by atoms with Gasteiger partial charge in [-0.15, -0.1) is 0 Å². The van der Waals surface area contributed by atoms with Crippen LogP contribution in [0, 0.1) is 6.92 Å². The standard InChI is InChI=1S/C14H25N3O/c1-12-16-11-13(17-12)10-15-8-5-9-18-14-6-3-2-4-7-14/h11,14-15H,2-10H2,1H3,(H,16,17). The van der Waals surface area contributed by atoms with Gasteiger partial charge in [0.2, 0.25) is 0 Å². The molecule has 1 aliphatic carbocycles. The molecule has 0 amide bonds. The molecule has 2 N–H and O–H groups in total. The zero-order chi connectivity index (χ0) is 12.6. The van der Waals surface area contributed by atoms with Gasteiger partial charge in [-0.3, -0.25) is 0 Å². The molecule has 0 atom stereocenters. The molecule has 0 saturated heterocycles. The van der Waals surface area contributed by atoms with E-state index >= 15 is 0 Å². The normalized spacial score (nSPS) is 17.2. The molecule has 0 unspecified atom stereocenters. The first kappa shape index (κ1) is 13.6. The summed E-state index contributed by atoms with van der Waals surface area (Å²) < 4.78 is 5.88. The molecule has 0 spiro atoms. The van der Waals surface area contributed by atoms with Crippen LogP contribution in [0.5, 0.6) is 0 Å². The van der Waals surface area contributed by atoms with Crippen molar-refractivity contribution in [3.8, 4) is 0 Å². The highest BCUT2D eigenvalue weighted by Crippen LogP contribution is 2.20. The molecule has 0 radical (unpaired) electrons. The van der Waals surface area contributed by atoms with Crippen LogP contribution in [0.3, 0.4) is 0 Å². The van der Waals surface area contributed by atoms with Crippen molar-refractivity contribution in [2.45, 2.75) is 58.1 Å². The SMILES string of the molecule is Cc1ncc(CNCCCOC2CCCCC2)[nH]1. The van der Waals surface area contributed by atoms with E-state index in [9.17, 15) is 0 Å². The van der Waals surface area contributed by atoms with Gasteiger partial charge in [0.15, 0.2) is 0 Å². The van der Waals surface area contributed by atoms with Crippen LogP contribution >= 0.6 is 0 Å². The number of nitrogens with one attached hydrogen (secondary N) is 2. The van der Waals surface area contributed by atoms with Crippen molar-refractivity contribution in [3.05, 3.63) is 17.7 Å².